The van der Waals surface area contributed by atoms with Gasteiger partial charge in [-0.3, -0.25) is 0 Å². The summed E-state index contributed by atoms with van der Waals surface area (Å²) in [4.78, 5) is 47.4. The fraction of sp³-hybridized carbons (Fsp3) is 0.333. The molecule has 2 aromatic carbocycles. The molecule has 0 aliphatic heterocycles. The van der Waals surface area contributed by atoms with Gasteiger partial charge in [-0.2, -0.15) is 0 Å². The Morgan fingerprint density at radius 2 is 0.914 bits per heavy atom. The Morgan fingerprint density at radius 1 is 0.543 bits per heavy atom. The van der Waals surface area contributed by atoms with E-state index >= 15 is 0 Å². The summed E-state index contributed by atoms with van der Waals surface area (Å²) < 4.78 is 35.5. The van der Waals surface area contributed by atoms with E-state index in [1.165, 1.54) is 64.8 Å². The summed E-state index contributed by atoms with van der Waals surface area (Å²) in [5.41, 5.74) is 0.703. The monoisotopic (exact) mass is 490 g/mol. The van der Waals surface area contributed by atoms with Crippen molar-refractivity contribution in [3.05, 3.63) is 58.7 Å². The molecule has 0 saturated carbocycles. The van der Waals surface area contributed by atoms with Gasteiger partial charge in [-0.1, -0.05) is 0 Å². The largest absolute Gasteiger partial charge is 0.490 e. The van der Waals surface area contributed by atoms with Crippen LogP contribution in [0, 0.1) is 0 Å². The highest BCUT2D eigenvalue weighted by molar-refractivity contribution is 5.96. The standard InChI is InChI=1S/C24H26O11/c1-29-21(25)15-5-7-17(23(27)31-3)19(13-15)34-11-9-33-10-12-35-20-14-16(22(26)30-2)6-8-18(20)24(28)32-4/h5-8,13-14H,9-12H2,1-4H3. The predicted molar refractivity (Wildman–Crippen MR) is 120 cm³/mol. The molecule has 0 unspecified atom stereocenters. The molecule has 2 aromatic rings. The van der Waals surface area contributed by atoms with E-state index in [-0.39, 0.29) is 60.2 Å². The third-order valence-electron chi connectivity index (χ3n) is 4.59. The molecule has 0 aliphatic rings. The molecule has 0 amide bonds. The molecule has 35 heavy (non-hydrogen) atoms. The van der Waals surface area contributed by atoms with E-state index in [2.05, 4.69) is 9.47 Å². The summed E-state index contributed by atoms with van der Waals surface area (Å²) in [5, 5.41) is 0. The first kappa shape index (κ1) is 27.1. The van der Waals surface area contributed by atoms with Crippen molar-refractivity contribution in [2.45, 2.75) is 0 Å². The maximum absolute atomic E-state index is 11.9. The van der Waals surface area contributed by atoms with Gasteiger partial charge < -0.3 is 33.2 Å². The Morgan fingerprint density at radius 3 is 1.26 bits per heavy atom. The molecule has 188 valence electrons. The summed E-state index contributed by atoms with van der Waals surface area (Å²) in [6.45, 7) is 0.358. The van der Waals surface area contributed by atoms with Crippen LogP contribution in [0.25, 0.3) is 0 Å². The Bertz CT molecular complexity index is 978. The van der Waals surface area contributed by atoms with E-state index in [1.54, 1.807) is 0 Å². The average molecular weight is 490 g/mol. The molecule has 0 radical (unpaired) electrons. The molecule has 0 spiro atoms. The van der Waals surface area contributed by atoms with Gasteiger partial charge in [0, 0.05) is 0 Å². The summed E-state index contributed by atoms with van der Waals surface area (Å²) in [6, 6.07) is 8.42. The number of hydrogen-bond acceptors (Lipinski definition) is 11. The van der Waals surface area contributed by atoms with Gasteiger partial charge in [0.05, 0.1) is 52.8 Å². The second-order valence-corrected chi connectivity index (χ2v) is 6.70. The van der Waals surface area contributed by atoms with Crippen LogP contribution in [-0.4, -0.2) is 78.7 Å². The van der Waals surface area contributed by atoms with Crippen molar-refractivity contribution in [1.82, 2.24) is 0 Å². The lowest BCUT2D eigenvalue weighted by Gasteiger charge is -2.13. The first-order valence-corrected chi connectivity index (χ1v) is 10.3. The predicted octanol–water partition coefficient (Wildman–Crippen LogP) is 2.31. The second-order valence-electron chi connectivity index (χ2n) is 6.70. The van der Waals surface area contributed by atoms with Crippen molar-refractivity contribution in [3.8, 4) is 11.5 Å². The van der Waals surface area contributed by atoms with E-state index < -0.39 is 23.9 Å². The number of esters is 4. The lowest BCUT2D eigenvalue weighted by atomic mass is 10.1. The fourth-order valence-corrected chi connectivity index (χ4v) is 2.85. The van der Waals surface area contributed by atoms with Crippen LogP contribution >= 0.6 is 0 Å². The number of ether oxygens (including phenoxy) is 7. The first-order valence-electron chi connectivity index (χ1n) is 10.3. The first-order chi connectivity index (χ1) is 16.9. The minimum atomic E-state index is -0.624. The fourth-order valence-electron chi connectivity index (χ4n) is 2.85. The smallest absolute Gasteiger partial charge is 0.341 e. The van der Waals surface area contributed by atoms with Crippen LogP contribution in [0.4, 0.5) is 0 Å². The SMILES string of the molecule is COC(=O)c1ccc(C(=O)OC)c(OCCOCCOc2cc(C(=O)OC)ccc2C(=O)OC)c1. The quantitative estimate of drug-likeness (QED) is 0.246. The van der Waals surface area contributed by atoms with Crippen LogP contribution < -0.4 is 9.47 Å². The van der Waals surface area contributed by atoms with E-state index in [0.29, 0.717) is 0 Å². The molecule has 0 fully saturated rings. The minimum Gasteiger partial charge on any atom is -0.490 e. The zero-order valence-electron chi connectivity index (χ0n) is 19.8. The van der Waals surface area contributed by atoms with Gasteiger partial charge in [0.25, 0.3) is 0 Å². The zero-order chi connectivity index (χ0) is 25.8. The molecule has 0 saturated heterocycles. The molecule has 2 rings (SSSR count). The second kappa shape index (κ2) is 13.6. The highest BCUT2D eigenvalue weighted by Gasteiger charge is 2.18. The van der Waals surface area contributed by atoms with Gasteiger partial charge in [-0.25, -0.2) is 19.2 Å². The summed E-state index contributed by atoms with van der Waals surface area (Å²) in [6.07, 6.45) is 0. The van der Waals surface area contributed by atoms with Crippen LogP contribution in [0.15, 0.2) is 36.4 Å². The van der Waals surface area contributed by atoms with Crippen molar-refractivity contribution in [2.24, 2.45) is 0 Å². The maximum atomic E-state index is 11.9. The molecular formula is C24H26O11. The van der Waals surface area contributed by atoms with E-state index in [0.717, 1.165) is 0 Å². The summed E-state index contributed by atoms with van der Waals surface area (Å²) in [5.74, 6) is -2.13. The molecule has 11 heteroatoms. The van der Waals surface area contributed by atoms with Crippen LogP contribution in [-0.2, 0) is 23.7 Å². The van der Waals surface area contributed by atoms with Gasteiger partial charge in [0.2, 0.25) is 0 Å². The highest BCUT2D eigenvalue weighted by Crippen LogP contribution is 2.23. The number of methoxy groups -OCH3 is 4. The lowest BCUT2D eigenvalue weighted by Crippen LogP contribution is -2.15. The minimum absolute atomic E-state index is 0.0554. The van der Waals surface area contributed by atoms with Crippen molar-refractivity contribution in [2.75, 3.05) is 54.9 Å². The third kappa shape index (κ3) is 7.44. The Balaban J connectivity index is 1.92. The van der Waals surface area contributed by atoms with E-state index in [4.69, 9.17) is 23.7 Å². The van der Waals surface area contributed by atoms with E-state index in [9.17, 15) is 19.2 Å². The Hall–Kier alpha value is -4.12. The van der Waals surface area contributed by atoms with Crippen LogP contribution in [0.2, 0.25) is 0 Å². The number of carbonyl (C=O) groups is 4. The van der Waals surface area contributed by atoms with Crippen molar-refractivity contribution in [1.29, 1.82) is 0 Å². The van der Waals surface area contributed by atoms with Crippen molar-refractivity contribution in [3.63, 3.8) is 0 Å². The molecule has 0 heterocycles. The topological polar surface area (TPSA) is 133 Å². The number of hydrogen-bond donors (Lipinski definition) is 0. The zero-order valence-corrected chi connectivity index (χ0v) is 19.8. The van der Waals surface area contributed by atoms with Gasteiger partial charge in [0.1, 0.15) is 35.8 Å². The van der Waals surface area contributed by atoms with E-state index in [1.807, 2.05) is 0 Å². The summed E-state index contributed by atoms with van der Waals surface area (Å²) >= 11 is 0. The Kier molecular flexibility index (Phi) is 10.5. The van der Waals surface area contributed by atoms with Crippen LogP contribution in [0.5, 0.6) is 11.5 Å². The number of carbonyl (C=O) groups excluding carboxylic acids is 4. The van der Waals surface area contributed by atoms with Crippen molar-refractivity contribution >= 4 is 23.9 Å². The molecule has 11 nitrogen and oxygen atoms in total. The van der Waals surface area contributed by atoms with Gasteiger partial charge in [-0.05, 0) is 36.4 Å². The molecule has 0 aromatic heterocycles. The number of benzene rings is 2. The van der Waals surface area contributed by atoms with Gasteiger partial charge >= 0.3 is 23.9 Å². The molecule has 0 aliphatic carbocycles. The van der Waals surface area contributed by atoms with Crippen molar-refractivity contribution < 1.29 is 52.3 Å². The molecule has 0 bridgehead atoms. The van der Waals surface area contributed by atoms with Gasteiger partial charge in [0.15, 0.2) is 0 Å². The highest BCUT2D eigenvalue weighted by atomic mass is 16.6. The van der Waals surface area contributed by atoms with Crippen LogP contribution in [0.1, 0.15) is 41.4 Å². The number of rotatable bonds is 12. The summed E-state index contributed by atoms with van der Waals surface area (Å²) in [7, 11) is 4.95. The third-order valence-corrected chi connectivity index (χ3v) is 4.59. The average Bonchev–Trinajstić information content (AvgIpc) is 2.90. The molecular weight excluding hydrogens is 464 g/mol. The van der Waals surface area contributed by atoms with Gasteiger partial charge in [-0.15, -0.1) is 0 Å². The lowest BCUT2D eigenvalue weighted by molar-refractivity contribution is 0.0566. The molecule has 0 atom stereocenters. The molecule has 0 N–H and O–H groups in total. The maximum Gasteiger partial charge on any atom is 0.341 e. The van der Waals surface area contributed by atoms with Crippen LogP contribution in [0.3, 0.4) is 0 Å². The Labute approximate surface area is 201 Å². The normalized spacial score (nSPS) is 10.2.